The van der Waals surface area contributed by atoms with E-state index in [-0.39, 0.29) is 18.6 Å². The molecule has 0 heterocycles. The molecule has 1 fully saturated rings. The maximum Gasteiger partial charge on any atom is 0.407 e. The molecular formula is C23H24N2O6. The van der Waals surface area contributed by atoms with E-state index < -0.39 is 36.5 Å². The number of carbonyl (C=O) groups excluding carboxylic acids is 2. The van der Waals surface area contributed by atoms with Crippen LogP contribution in [-0.4, -0.2) is 53.0 Å². The lowest BCUT2D eigenvalue weighted by atomic mass is 9.89. The van der Waals surface area contributed by atoms with E-state index >= 15 is 0 Å². The van der Waals surface area contributed by atoms with Crippen LogP contribution in [0.4, 0.5) is 4.79 Å². The van der Waals surface area contributed by atoms with Crippen molar-refractivity contribution in [3.63, 3.8) is 0 Å². The zero-order valence-electron chi connectivity index (χ0n) is 16.8. The molecule has 0 spiro atoms. The van der Waals surface area contributed by atoms with Gasteiger partial charge in [-0.1, -0.05) is 48.5 Å². The number of aliphatic carboxylic acids is 1. The second kappa shape index (κ2) is 8.77. The van der Waals surface area contributed by atoms with Gasteiger partial charge in [0, 0.05) is 12.0 Å². The van der Waals surface area contributed by atoms with E-state index in [2.05, 4.69) is 10.6 Å². The number of carboxylic acids is 1. The van der Waals surface area contributed by atoms with Crippen LogP contribution in [0.25, 0.3) is 11.1 Å². The Balaban J connectivity index is 1.39. The Kier molecular flexibility index (Phi) is 5.90. The first kappa shape index (κ1) is 20.9. The third-order valence-electron chi connectivity index (χ3n) is 5.79. The highest BCUT2D eigenvalue weighted by atomic mass is 16.5. The van der Waals surface area contributed by atoms with E-state index in [4.69, 9.17) is 9.84 Å². The van der Waals surface area contributed by atoms with Gasteiger partial charge in [-0.15, -0.1) is 0 Å². The lowest BCUT2D eigenvalue weighted by Crippen LogP contribution is -2.54. The van der Waals surface area contributed by atoms with Gasteiger partial charge in [-0.3, -0.25) is 9.59 Å². The van der Waals surface area contributed by atoms with Gasteiger partial charge in [0.2, 0.25) is 5.91 Å². The second-order valence-electron chi connectivity index (χ2n) is 7.95. The molecule has 2 aromatic carbocycles. The highest BCUT2D eigenvalue weighted by Crippen LogP contribution is 2.44. The van der Waals surface area contributed by atoms with Crippen molar-refractivity contribution in [3.8, 4) is 11.1 Å². The quantitative estimate of drug-likeness (QED) is 0.539. The van der Waals surface area contributed by atoms with Crippen molar-refractivity contribution in [3.05, 3.63) is 59.7 Å². The highest BCUT2D eigenvalue weighted by molar-refractivity contribution is 5.89. The minimum Gasteiger partial charge on any atom is -0.481 e. The van der Waals surface area contributed by atoms with Crippen molar-refractivity contribution in [2.24, 2.45) is 0 Å². The molecular weight excluding hydrogens is 400 g/mol. The fourth-order valence-electron chi connectivity index (χ4n) is 4.17. The molecule has 2 amide bonds. The number of aliphatic hydroxyl groups is 1. The summed E-state index contributed by atoms with van der Waals surface area (Å²) in [5.41, 5.74) is 4.30. The van der Waals surface area contributed by atoms with Crippen molar-refractivity contribution in [1.29, 1.82) is 0 Å². The number of hydrogen-bond donors (Lipinski definition) is 4. The van der Waals surface area contributed by atoms with E-state index in [1.54, 1.807) is 0 Å². The molecule has 0 radical (unpaired) electrons. The Labute approximate surface area is 179 Å². The molecule has 2 aliphatic carbocycles. The summed E-state index contributed by atoms with van der Waals surface area (Å²) in [6.45, 7) is 0.0656. The number of benzene rings is 2. The molecule has 1 saturated carbocycles. The van der Waals surface area contributed by atoms with Gasteiger partial charge in [0.25, 0.3) is 0 Å². The number of hydrogen-bond acceptors (Lipinski definition) is 5. The summed E-state index contributed by atoms with van der Waals surface area (Å²) >= 11 is 0. The van der Waals surface area contributed by atoms with Crippen LogP contribution in [0.3, 0.4) is 0 Å². The Bertz CT molecular complexity index is 956. The minimum atomic E-state index is -1.26. The molecule has 1 unspecified atom stereocenters. The van der Waals surface area contributed by atoms with Crippen LogP contribution < -0.4 is 10.6 Å². The smallest absolute Gasteiger partial charge is 0.407 e. The summed E-state index contributed by atoms with van der Waals surface area (Å²) in [4.78, 5) is 35.9. The number of aliphatic hydroxyl groups excluding tert-OH is 1. The van der Waals surface area contributed by atoms with Crippen LogP contribution in [0.15, 0.2) is 48.5 Å². The number of carbonyl (C=O) groups is 3. The van der Waals surface area contributed by atoms with Gasteiger partial charge in [-0.2, -0.15) is 0 Å². The van der Waals surface area contributed by atoms with Gasteiger partial charge in [0.1, 0.15) is 12.6 Å². The summed E-state index contributed by atoms with van der Waals surface area (Å²) in [7, 11) is 0. The molecule has 1 atom stereocenters. The molecule has 31 heavy (non-hydrogen) atoms. The minimum absolute atomic E-state index is 0.0656. The standard InChI is InChI=1S/C23H24N2O6/c26-14-9-13(10-14)24-22(29)20(11-21(27)28)25-23(30)31-12-19-17-7-3-1-5-15(17)16-6-2-4-8-18(16)19/h1-8,13-14,19-20,26H,9-12H2,(H,24,29)(H,25,30)(H,27,28). The third kappa shape index (κ3) is 4.54. The topological polar surface area (TPSA) is 125 Å². The maximum atomic E-state index is 12.4. The average molecular weight is 424 g/mol. The van der Waals surface area contributed by atoms with E-state index in [9.17, 15) is 19.5 Å². The zero-order chi connectivity index (χ0) is 22.0. The average Bonchev–Trinajstić information content (AvgIpc) is 3.04. The van der Waals surface area contributed by atoms with Gasteiger partial charge in [0.15, 0.2) is 0 Å². The monoisotopic (exact) mass is 424 g/mol. The van der Waals surface area contributed by atoms with E-state index in [0.717, 1.165) is 22.3 Å². The van der Waals surface area contributed by atoms with Crippen molar-refractivity contribution < 1.29 is 29.3 Å². The molecule has 2 aliphatic rings. The second-order valence-corrected chi connectivity index (χ2v) is 7.95. The number of ether oxygens (including phenoxy) is 1. The summed E-state index contributed by atoms with van der Waals surface area (Å²) in [5.74, 6) is -1.96. The normalized spacial score (nSPS) is 20.0. The van der Waals surface area contributed by atoms with Crippen LogP contribution >= 0.6 is 0 Å². The fourth-order valence-corrected chi connectivity index (χ4v) is 4.17. The predicted molar refractivity (Wildman–Crippen MR) is 111 cm³/mol. The highest BCUT2D eigenvalue weighted by Gasteiger charge is 2.33. The molecule has 8 heteroatoms. The van der Waals surface area contributed by atoms with Crippen molar-refractivity contribution in [2.45, 2.75) is 43.4 Å². The van der Waals surface area contributed by atoms with Crippen LogP contribution in [0.1, 0.15) is 36.3 Å². The van der Waals surface area contributed by atoms with Crippen molar-refractivity contribution >= 4 is 18.0 Å². The molecule has 0 aromatic heterocycles. The fraction of sp³-hybridized carbons (Fsp3) is 0.348. The lowest BCUT2D eigenvalue weighted by molar-refractivity contribution is -0.140. The zero-order valence-corrected chi connectivity index (χ0v) is 16.8. The number of carboxylic acid groups (broad SMARTS) is 1. The number of alkyl carbamates (subject to hydrolysis) is 1. The van der Waals surface area contributed by atoms with Crippen molar-refractivity contribution in [1.82, 2.24) is 10.6 Å². The first-order chi connectivity index (χ1) is 14.9. The number of nitrogens with one attached hydrogen (secondary N) is 2. The predicted octanol–water partition coefficient (Wildman–Crippen LogP) is 2.01. The number of amides is 2. The Morgan fingerprint density at radius 2 is 1.58 bits per heavy atom. The first-order valence-corrected chi connectivity index (χ1v) is 10.2. The van der Waals surface area contributed by atoms with Crippen LogP contribution in [0.2, 0.25) is 0 Å². The molecule has 0 aliphatic heterocycles. The van der Waals surface area contributed by atoms with E-state index in [1.165, 1.54) is 0 Å². The number of fused-ring (bicyclic) bond motifs is 3. The molecule has 8 nitrogen and oxygen atoms in total. The van der Waals surface area contributed by atoms with Gasteiger partial charge in [0.05, 0.1) is 12.5 Å². The summed E-state index contributed by atoms with van der Waals surface area (Å²) in [6.07, 6.45) is -1.05. The third-order valence-corrected chi connectivity index (χ3v) is 5.79. The van der Waals surface area contributed by atoms with Gasteiger partial charge in [-0.25, -0.2) is 4.79 Å². The molecule has 0 saturated heterocycles. The van der Waals surface area contributed by atoms with E-state index in [1.807, 2.05) is 48.5 Å². The molecule has 2 aromatic rings. The van der Waals surface area contributed by atoms with Gasteiger partial charge < -0.3 is 25.6 Å². The van der Waals surface area contributed by atoms with E-state index in [0.29, 0.717) is 12.8 Å². The van der Waals surface area contributed by atoms with Crippen LogP contribution in [0, 0.1) is 0 Å². The van der Waals surface area contributed by atoms with Crippen LogP contribution in [0.5, 0.6) is 0 Å². The van der Waals surface area contributed by atoms with Crippen molar-refractivity contribution in [2.75, 3.05) is 6.61 Å². The Hall–Kier alpha value is -3.39. The summed E-state index contributed by atoms with van der Waals surface area (Å²) < 4.78 is 5.40. The Morgan fingerprint density at radius 3 is 2.13 bits per heavy atom. The first-order valence-electron chi connectivity index (χ1n) is 10.2. The molecule has 162 valence electrons. The largest absolute Gasteiger partial charge is 0.481 e. The summed E-state index contributed by atoms with van der Waals surface area (Å²) in [6, 6.07) is 14.4. The van der Waals surface area contributed by atoms with Gasteiger partial charge >= 0.3 is 12.1 Å². The molecule has 0 bridgehead atoms. The molecule has 4 N–H and O–H groups in total. The molecule has 4 rings (SSSR count). The van der Waals surface area contributed by atoms with Crippen LogP contribution in [-0.2, 0) is 14.3 Å². The lowest BCUT2D eigenvalue weighted by Gasteiger charge is -2.33. The maximum absolute atomic E-state index is 12.4. The number of rotatable bonds is 7. The summed E-state index contributed by atoms with van der Waals surface area (Å²) in [5, 5.41) is 23.5. The van der Waals surface area contributed by atoms with Gasteiger partial charge in [-0.05, 0) is 35.1 Å². The Morgan fingerprint density at radius 1 is 1.00 bits per heavy atom. The SMILES string of the molecule is O=C(O)CC(NC(=O)OCC1c2ccccc2-c2ccccc21)C(=O)NC1CC(O)C1.